The molecule has 2 fully saturated rings. The molecule has 3 N–H and O–H groups in total. The van der Waals surface area contributed by atoms with Crippen molar-refractivity contribution >= 4 is 11.8 Å². The molecule has 2 amide bonds. The number of nitrogens with one attached hydrogen (secondary N) is 1. The molecule has 0 aromatic heterocycles. The van der Waals surface area contributed by atoms with Crippen molar-refractivity contribution in [2.24, 2.45) is 11.1 Å². The summed E-state index contributed by atoms with van der Waals surface area (Å²) in [5, 5.41) is 2.89. The lowest BCUT2D eigenvalue weighted by Gasteiger charge is -2.38. The molecule has 2 atom stereocenters. The number of amides is 2. The third-order valence-electron chi connectivity index (χ3n) is 5.13. The number of rotatable bonds is 4. The van der Waals surface area contributed by atoms with Gasteiger partial charge in [-0.05, 0) is 46.0 Å². The number of likely N-dealkylation sites (tertiary alicyclic amines) is 1. The zero-order chi connectivity index (χ0) is 16.2. The topological polar surface area (TPSA) is 84.7 Å². The molecule has 0 radical (unpaired) electrons. The summed E-state index contributed by atoms with van der Waals surface area (Å²) in [6.07, 6.45) is 4.49. The Kier molecular flexibility index (Phi) is 5.81. The van der Waals surface area contributed by atoms with E-state index in [1.54, 1.807) is 6.92 Å². The van der Waals surface area contributed by atoms with Gasteiger partial charge in [0.15, 0.2) is 0 Å². The van der Waals surface area contributed by atoms with Gasteiger partial charge in [0.1, 0.15) is 6.04 Å². The van der Waals surface area contributed by atoms with Gasteiger partial charge < -0.3 is 20.7 Å². The minimum Gasteiger partial charge on any atom is -0.381 e. The maximum atomic E-state index is 12.6. The maximum Gasteiger partial charge on any atom is 0.245 e. The van der Waals surface area contributed by atoms with E-state index in [1.165, 1.54) is 6.42 Å². The zero-order valence-electron chi connectivity index (χ0n) is 13.8. The summed E-state index contributed by atoms with van der Waals surface area (Å²) in [5.41, 5.74) is 5.26. The first-order valence-electron chi connectivity index (χ1n) is 8.39. The maximum absolute atomic E-state index is 12.6. The Balaban J connectivity index is 1.96. The first-order chi connectivity index (χ1) is 10.5. The highest BCUT2D eigenvalue weighted by molar-refractivity contribution is 5.90. The van der Waals surface area contributed by atoms with Crippen LogP contribution in [-0.4, -0.2) is 55.1 Å². The Bertz CT molecular complexity index is 407. The number of carbonyl (C=O) groups excluding carboxylic acids is 2. The van der Waals surface area contributed by atoms with Gasteiger partial charge in [0.2, 0.25) is 11.8 Å². The molecule has 22 heavy (non-hydrogen) atoms. The van der Waals surface area contributed by atoms with Crippen molar-refractivity contribution in [3.63, 3.8) is 0 Å². The van der Waals surface area contributed by atoms with E-state index in [-0.39, 0.29) is 17.9 Å². The van der Waals surface area contributed by atoms with E-state index in [2.05, 4.69) is 12.2 Å². The second-order valence-electron chi connectivity index (χ2n) is 6.67. The predicted molar refractivity (Wildman–Crippen MR) is 84.2 cm³/mol. The molecule has 6 nitrogen and oxygen atoms in total. The molecule has 0 saturated carbocycles. The molecule has 0 aromatic carbocycles. The average molecular weight is 311 g/mol. The minimum absolute atomic E-state index is 0.0137. The summed E-state index contributed by atoms with van der Waals surface area (Å²) in [4.78, 5) is 27.1. The molecule has 2 heterocycles. The summed E-state index contributed by atoms with van der Waals surface area (Å²) in [7, 11) is 0. The van der Waals surface area contributed by atoms with E-state index in [1.807, 2.05) is 4.90 Å². The molecule has 2 rings (SSSR count). The van der Waals surface area contributed by atoms with E-state index in [0.717, 1.165) is 19.4 Å². The molecule has 0 aromatic rings. The van der Waals surface area contributed by atoms with Crippen LogP contribution in [0.25, 0.3) is 0 Å². The van der Waals surface area contributed by atoms with Gasteiger partial charge in [-0.1, -0.05) is 0 Å². The summed E-state index contributed by atoms with van der Waals surface area (Å²) >= 11 is 0. The third kappa shape index (κ3) is 3.60. The number of piperidine rings is 1. The van der Waals surface area contributed by atoms with Crippen LogP contribution in [-0.2, 0) is 14.3 Å². The summed E-state index contributed by atoms with van der Waals surface area (Å²) < 4.78 is 5.33. The molecular weight excluding hydrogens is 282 g/mol. The van der Waals surface area contributed by atoms with Gasteiger partial charge in [-0.2, -0.15) is 0 Å². The van der Waals surface area contributed by atoms with Gasteiger partial charge in [0.05, 0.1) is 5.41 Å². The quantitative estimate of drug-likeness (QED) is 0.798. The van der Waals surface area contributed by atoms with Gasteiger partial charge in [0.25, 0.3) is 0 Å². The van der Waals surface area contributed by atoms with Gasteiger partial charge in [-0.15, -0.1) is 0 Å². The average Bonchev–Trinajstić information content (AvgIpc) is 2.55. The molecule has 0 bridgehead atoms. The van der Waals surface area contributed by atoms with Crippen LogP contribution >= 0.6 is 0 Å². The zero-order valence-corrected chi connectivity index (χ0v) is 13.8. The van der Waals surface area contributed by atoms with Crippen LogP contribution in [0.15, 0.2) is 0 Å². The Morgan fingerprint density at radius 2 is 2.05 bits per heavy atom. The minimum atomic E-state index is -0.583. The van der Waals surface area contributed by atoms with Crippen molar-refractivity contribution < 1.29 is 14.3 Å². The van der Waals surface area contributed by atoms with Crippen molar-refractivity contribution in [3.8, 4) is 0 Å². The van der Waals surface area contributed by atoms with Gasteiger partial charge in [0, 0.05) is 32.3 Å². The van der Waals surface area contributed by atoms with Crippen molar-refractivity contribution in [2.75, 3.05) is 26.3 Å². The summed E-state index contributed by atoms with van der Waals surface area (Å²) in [6.45, 7) is 6.03. The highest BCUT2D eigenvalue weighted by Gasteiger charge is 2.40. The van der Waals surface area contributed by atoms with Crippen LogP contribution in [0.5, 0.6) is 0 Å². The lowest BCUT2D eigenvalue weighted by Crippen LogP contribution is -2.56. The fraction of sp³-hybridized carbons (Fsp3) is 0.875. The predicted octanol–water partition coefficient (Wildman–Crippen LogP) is 0.648. The second-order valence-corrected chi connectivity index (χ2v) is 6.67. The fourth-order valence-corrected chi connectivity index (χ4v) is 3.37. The Morgan fingerprint density at radius 1 is 1.36 bits per heavy atom. The van der Waals surface area contributed by atoms with Crippen LogP contribution in [0.1, 0.15) is 46.0 Å². The molecule has 2 unspecified atom stereocenters. The molecular formula is C16H29N3O3. The Labute approximate surface area is 132 Å². The standard InChI is InChI=1S/C16H29N3O3/c1-12-5-3-4-8-19(12)14(20)13(2)18-15(21)16(11-17)6-9-22-10-7-16/h12-13H,3-11,17H2,1-2H3,(H,18,21). The highest BCUT2D eigenvalue weighted by Crippen LogP contribution is 2.29. The van der Waals surface area contributed by atoms with E-state index in [0.29, 0.717) is 32.6 Å². The molecule has 6 heteroatoms. The molecule has 0 spiro atoms. The van der Waals surface area contributed by atoms with E-state index in [9.17, 15) is 9.59 Å². The van der Waals surface area contributed by atoms with Crippen molar-refractivity contribution in [1.82, 2.24) is 10.2 Å². The van der Waals surface area contributed by atoms with Crippen molar-refractivity contribution in [1.29, 1.82) is 0 Å². The Hall–Kier alpha value is -1.14. The molecule has 2 aliphatic rings. The van der Waals surface area contributed by atoms with Crippen LogP contribution < -0.4 is 11.1 Å². The monoisotopic (exact) mass is 311 g/mol. The number of ether oxygens (including phenoxy) is 1. The van der Waals surface area contributed by atoms with Gasteiger partial charge >= 0.3 is 0 Å². The number of nitrogens with two attached hydrogens (primary N) is 1. The van der Waals surface area contributed by atoms with Crippen molar-refractivity contribution in [2.45, 2.75) is 58.0 Å². The largest absolute Gasteiger partial charge is 0.381 e. The lowest BCUT2D eigenvalue weighted by atomic mass is 9.79. The van der Waals surface area contributed by atoms with Gasteiger partial charge in [-0.3, -0.25) is 9.59 Å². The second kappa shape index (κ2) is 7.42. The number of hydrogen-bond acceptors (Lipinski definition) is 4. The summed E-state index contributed by atoms with van der Waals surface area (Å²) in [6, 6.07) is -0.244. The van der Waals surface area contributed by atoms with Crippen LogP contribution in [0, 0.1) is 5.41 Å². The van der Waals surface area contributed by atoms with E-state index >= 15 is 0 Å². The SMILES string of the molecule is CC(NC(=O)C1(CN)CCOCC1)C(=O)N1CCCCC1C. The highest BCUT2D eigenvalue weighted by atomic mass is 16.5. The molecule has 126 valence electrons. The molecule has 2 saturated heterocycles. The van der Waals surface area contributed by atoms with Crippen LogP contribution in [0.4, 0.5) is 0 Å². The Morgan fingerprint density at radius 3 is 2.64 bits per heavy atom. The molecule has 2 aliphatic heterocycles. The van der Waals surface area contributed by atoms with Crippen molar-refractivity contribution in [3.05, 3.63) is 0 Å². The van der Waals surface area contributed by atoms with E-state index in [4.69, 9.17) is 10.5 Å². The van der Waals surface area contributed by atoms with Gasteiger partial charge in [-0.25, -0.2) is 0 Å². The fourth-order valence-electron chi connectivity index (χ4n) is 3.37. The van der Waals surface area contributed by atoms with E-state index < -0.39 is 11.5 Å². The lowest BCUT2D eigenvalue weighted by molar-refractivity contribution is -0.143. The number of carbonyl (C=O) groups is 2. The third-order valence-corrected chi connectivity index (χ3v) is 5.13. The number of nitrogens with zero attached hydrogens (tertiary/aromatic N) is 1. The smallest absolute Gasteiger partial charge is 0.245 e. The first-order valence-corrected chi connectivity index (χ1v) is 8.39. The van der Waals surface area contributed by atoms with Crippen LogP contribution in [0.3, 0.4) is 0 Å². The number of hydrogen-bond donors (Lipinski definition) is 2. The molecule has 0 aliphatic carbocycles. The first kappa shape index (κ1) is 17.2. The normalized spacial score (nSPS) is 26.3. The van der Waals surface area contributed by atoms with Crippen LogP contribution in [0.2, 0.25) is 0 Å². The summed E-state index contributed by atoms with van der Waals surface area (Å²) in [5.74, 6) is -0.0939.